The SMILES string of the molecule is O=C(OC1CNC1)N1CCN(C(=O)c2[nH]c3ccc(F)c(Cl)c3c2Cl)CC1. The van der Waals surface area contributed by atoms with Crippen LogP contribution < -0.4 is 5.32 Å². The van der Waals surface area contributed by atoms with Crippen molar-refractivity contribution in [2.75, 3.05) is 39.3 Å². The molecule has 2 aliphatic heterocycles. The highest BCUT2D eigenvalue weighted by Gasteiger charge is 2.30. The maximum Gasteiger partial charge on any atom is 0.410 e. The first-order valence-corrected chi connectivity index (χ1v) is 9.32. The fraction of sp³-hybridized carbons (Fsp3) is 0.412. The van der Waals surface area contributed by atoms with Crippen LogP contribution in [0.2, 0.25) is 10.0 Å². The van der Waals surface area contributed by atoms with E-state index in [2.05, 4.69) is 10.3 Å². The van der Waals surface area contributed by atoms with Crippen molar-refractivity contribution in [3.63, 3.8) is 0 Å². The second kappa shape index (κ2) is 7.18. The summed E-state index contributed by atoms with van der Waals surface area (Å²) in [6, 6.07) is 2.70. The Bertz CT molecular complexity index is 907. The maximum atomic E-state index is 13.7. The summed E-state index contributed by atoms with van der Waals surface area (Å²) < 4.78 is 19.0. The van der Waals surface area contributed by atoms with E-state index >= 15 is 0 Å². The van der Waals surface area contributed by atoms with E-state index in [0.29, 0.717) is 44.8 Å². The molecule has 0 spiro atoms. The molecule has 27 heavy (non-hydrogen) atoms. The number of benzene rings is 1. The number of H-pyrrole nitrogens is 1. The van der Waals surface area contributed by atoms with Crippen LogP contribution in [0, 0.1) is 5.82 Å². The summed E-state index contributed by atoms with van der Waals surface area (Å²) in [7, 11) is 0. The van der Waals surface area contributed by atoms with Gasteiger partial charge in [0.15, 0.2) is 0 Å². The third-order valence-electron chi connectivity index (χ3n) is 4.84. The van der Waals surface area contributed by atoms with Crippen molar-refractivity contribution in [3.8, 4) is 0 Å². The highest BCUT2D eigenvalue weighted by molar-refractivity contribution is 6.44. The Morgan fingerprint density at radius 3 is 2.37 bits per heavy atom. The number of nitrogens with zero attached hydrogens (tertiary/aromatic N) is 2. The minimum atomic E-state index is -0.599. The molecule has 7 nitrogen and oxygen atoms in total. The van der Waals surface area contributed by atoms with Crippen molar-refractivity contribution in [3.05, 3.63) is 33.7 Å². The number of hydrogen-bond acceptors (Lipinski definition) is 4. The lowest BCUT2D eigenvalue weighted by molar-refractivity contribution is 0.0257. The molecule has 144 valence electrons. The lowest BCUT2D eigenvalue weighted by atomic mass is 10.2. The van der Waals surface area contributed by atoms with Crippen LogP contribution in [0.25, 0.3) is 10.9 Å². The minimum absolute atomic E-state index is 0.0764. The van der Waals surface area contributed by atoms with Crippen LogP contribution >= 0.6 is 23.2 Å². The Morgan fingerprint density at radius 1 is 1.07 bits per heavy atom. The highest BCUT2D eigenvalue weighted by Crippen LogP contribution is 2.35. The Morgan fingerprint density at radius 2 is 1.74 bits per heavy atom. The van der Waals surface area contributed by atoms with E-state index in [9.17, 15) is 14.0 Å². The van der Waals surface area contributed by atoms with Gasteiger partial charge in [0.25, 0.3) is 5.91 Å². The number of amides is 2. The number of aromatic amines is 1. The second-order valence-corrected chi connectivity index (χ2v) is 7.30. The summed E-state index contributed by atoms with van der Waals surface area (Å²) in [6.45, 7) is 2.80. The van der Waals surface area contributed by atoms with Gasteiger partial charge in [-0.1, -0.05) is 23.2 Å². The molecular formula is C17H17Cl2FN4O3. The molecule has 0 saturated carbocycles. The molecule has 2 N–H and O–H groups in total. The van der Waals surface area contributed by atoms with Crippen LogP contribution in [0.15, 0.2) is 12.1 Å². The van der Waals surface area contributed by atoms with E-state index in [4.69, 9.17) is 27.9 Å². The highest BCUT2D eigenvalue weighted by atomic mass is 35.5. The quantitative estimate of drug-likeness (QED) is 0.790. The molecule has 4 rings (SSSR count). The number of aromatic nitrogens is 1. The molecule has 0 radical (unpaired) electrons. The molecule has 0 unspecified atom stereocenters. The van der Waals surface area contributed by atoms with Gasteiger partial charge < -0.3 is 24.8 Å². The average Bonchev–Trinajstić information content (AvgIpc) is 2.98. The summed E-state index contributed by atoms with van der Waals surface area (Å²) in [6.07, 6.45) is -0.438. The number of rotatable bonds is 2. The smallest absolute Gasteiger partial charge is 0.410 e. The molecule has 0 aliphatic carbocycles. The van der Waals surface area contributed by atoms with Crippen LogP contribution in [-0.4, -0.2) is 72.2 Å². The first-order valence-electron chi connectivity index (χ1n) is 8.56. The summed E-state index contributed by atoms with van der Waals surface area (Å²) >= 11 is 12.3. The van der Waals surface area contributed by atoms with Crippen LogP contribution in [0.5, 0.6) is 0 Å². The minimum Gasteiger partial charge on any atom is -0.443 e. The molecule has 10 heteroatoms. The fourth-order valence-corrected chi connectivity index (χ4v) is 3.78. The predicted molar refractivity (Wildman–Crippen MR) is 98.9 cm³/mol. The van der Waals surface area contributed by atoms with Crippen molar-refractivity contribution in [1.29, 1.82) is 0 Å². The first-order chi connectivity index (χ1) is 13.0. The Hall–Kier alpha value is -2.03. The first kappa shape index (κ1) is 18.3. The number of piperazine rings is 1. The van der Waals surface area contributed by atoms with Crippen molar-refractivity contribution < 1.29 is 18.7 Å². The van der Waals surface area contributed by atoms with Gasteiger partial charge in [-0.2, -0.15) is 0 Å². The molecule has 2 fully saturated rings. The van der Waals surface area contributed by atoms with Gasteiger partial charge in [0.1, 0.15) is 17.6 Å². The van der Waals surface area contributed by atoms with Gasteiger partial charge >= 0.3 is 6.09 Å². The number of nitrogens with one attached hydrogen (secondary N) is 2. The van der Waals surface area contributed by atoms with E-state index in [0.717, 1.165) is 0 Å². The van der Waals surface area contributed by atoms with Gasteiger partial charge in [0, 0.05) is 50.2 Å². The van der Waals surface area contributed by atoms with Gasteiger partial charge in [0.05, 0.1) is 10.0 Å². The molecule has 1 aromatic carbocycles. The Labute approximate surface area is 164 Å². The standard InChI is InChI=1S/C17H17Cl2FN4O3/c18-13-10(20)1-2-11-12(13)14(19)15(22-11)16(25)23-3-5-24(6-4-23)17(26)27-9-7-21-8-9/h1-2,9,21-22H,3-8H2. The Balaban J connectivity index is 1.45. The van der Waals surface area contributed by atoms with Gasteiger partial charge in [-0.05, 0) is 12.1 Å². The molecule has 2 aromatic rings. The summed E-state index contributed by atoms with van der Waals surface area (Å²) in [5.74, 6) is -0.915. The number of fused-ring (bicyclic) bond motifs is 1. The van der Waals surface area contributed by atoms with E-state index in [1.807, 2.05) is 0 Å². The van der Waals surface area contributed by atoms with Crippen LogP contribution in [0.3, 0.4) is 0 Å². The molecule has 0 bridgehead atoms. The topological polar surface area (TPSA) is 77.7 Å². The summed E-state index contributed by atoms with van der Waals surface area (Å²) in [4.78, 5) is 31.0. The second-order valence-electron chi connectivity index (χ2n) is 6.54. The molecular weight excluding hydrogens is 398 g/mol. The van der Waals surface area contributed by atoms with E-state index in [-0.39, 0.29) is 39.2 Å². The number of hydrogen-bond donors (Lipinski definition) is 2. The third-order valence-corrected chi connectivity index (χ3v) is 5.59. The monoisotopic (exact) mass is 414 g/mol. The van der Waals surface area contributed by atoms with E-state index in [1.54, 1.807) is 9.80 Å². The molecule has 2 saturated heterocycles. The molecule has 2 amide bonds. The molecule has 0 atom stereocenters. The van der Waals surface area contributed by atoms with Crippen LogP contribution in [0.4, 0.5) is 9.18 Å². The van der Waals surface area contributed by atoms with Gasteiger partial charge in [-0.25, -0.2) is 9.18 Å². The fourth-order valence-electron chi connectivity index (χ4n) is 3.14. The van der Waals surface area contributed by atoms with Crippen molar-refractivity contribution in [1.82, 2.24) is 20.1 Å². The Kier molecular flexibility index (Phi) is 4.88. The normalized spacial score (nSPS) is 17.9. The molecule has 2 aliphatic rings. The van der Waals surface area contributed by atoms with Crippen molar-refractivity contribution in [2.45, 2.75) is 6.10 Å². The van der Waals surface area contributed by atoms with Crippen LogP contribution in [0.1, 0.15) is 10.5 Å². The maximum absolute atomic E-state index is 13.7. The summed E-state index contributed by atoms with van der Waals surface area (Å²) in [5.41, 5.74) is 0.654. The lowest BCUT2D eigenvalue weighted by Crippen LogP contribution is -2.54. The number of halogens is 3. The van der Waals surface area contributed by atoms with Gasteiger partial charge in [-0.3, -0.25) is 4.79 Å². The van der Waals surface area contributed by atoms with Crippen LogP contribution in [-0.2, 0) is 4.74 Å². The largest absolute Gasteiger partial charge is 0.443 e. The predicted octanol–water partition coefficient (Wildman–Crippen LogP) is 2.48. The van der Waals surface area contributed by atoms with E-state index in [1.165, 1.54) is 12.1 Å². The van der Waals surface area contributed by atoms with Crippen molar-refractivity contribution in [2.24, 2.45) is 0 Å². The van der Waals surface area contributed by atoms with Gasteiger partial charge in [0.2, 0.25) is 0 Å². The van der Waals surface area contributed by atoms with E-state index < -0.39 is 5.82 Å². The molecule has 1 aromatic heterocycles. The number of carbonyl (C=O) groups excluding carboxylic acids is 2. The zero-order valence-corrected chi connectivity index (χ0v) is 15.7. The number of ether oxygens (including phenoxy) is 1. The average molecular weight is 415 g/mol. The zero-order chi connectivity index (χ0) is 19.1. The van der Waals surface area contributed by atoms with Crippen molar-refractivity contribution >= 4 is 46.1 Å². The van der Waals surface area contributed by atoms with Gasteiger partial charge in [-0.15, -0.1) is 0 Å². The molecule has 3 heterocycles. The summed E-state index contributed by atoms with van der Waals surface area (Å²) in [5, 5.41) is 3.30. The lowest BCUT2D eigenvalue weighted by Gasteiger charge is -2.36. The third kappa shape index (κ3) is 3.33. The zero-order valence-electron chi connectivity index (χ0n) is 14.2. The number of carbonyl (C=O) groups is 2.